The molecule has 0 fully saturated rings. The lowest BCUT2D eigenvalue weighted by Crippen LogP contribution is -1.83. The lowest BCUT2D eigenvalue weighted by atomic mass is 10.1. The highest BCUT2D eigenvalue weighted by molar-refractivity contribution is 9.10. The zero-order valence-corrected chi connectivity index (χ0v) is 8.47. The van der Waals surface area contributed by atoms with Crippen molar-refractivity contribution in [3.05, 3.63) is 28.1 Å². The summed E-state index contributed by atoms with van der Waals surface area (Å²) in [6, 6.07) is 1.97. The lowest BCUT2D eigenvalue weighted by molar-refractivity contribution is 0.599. The third-order valence-electron chi connectivity index (χ3n) is 2.12. The molecule has 2 aromatic rings. The minimum atomic E-state index is 0.885. The second-order valence-electron chi connectivity index (χ2n) is 2.81. The van der Waals surface area contributed by atoms with Gasteiger partial charge in [-0.3, -0.25) is 0 Å². The lowest BCUT2D eigenvalue weighted by Gasteiger charge is -2.01. The van der Waals surface area contributed by atoms with Crippen molar-refractivity contribution in [1.82, 2.24) is 4.98 Å². The van der Waals surface area contributed by atoms with Crippen molar-refractivity contribution in [3.63, 3.8) is 0 Å². The van der Waals surface area contributed by atoms with Crippen molar-refractivity contribution in [2.24, 2.45) is 0 Å². The molecule has 0 aliphatic heterocycles. The van der Waals surface area contributed by atoms with Gasteiger partial charge in [-0.25, -0.2) is 4.98 Å². The van der Waals surface area contributed by atoms with Crippen molar-refractivity contribution in [2.45, 2.75) is 13.8 Å². The summed E-state index contributed by atoms with van der Waals surface area (Å²) in [6.45, 7) is 4.09. The molecule has 0 atom stereocenters. The minimum absolute atomic E-state index is 0.885. The van der Waals surface area contributed by atoms with E-state index in [-0.39, 0.29) is 0 Å². The van der Waals surface area contributed by atoms with Crippen molar-refractivity contribution >= 4 is 27.0 Å². The zero-order valence-electron chi connectivity index (χ0n) is 6.89. The molecular formula is C9H8BrNO. The van der Waals surface area contributed by atoms with Crippen molar-refractivity contribution in [3.8, 4) is 0 Å². The quantitative estimate of drug-likeness (QED) is 0.689. The number of oxazole rings is 1. The fraction of sp³-hybridized carbons (Fsp3) is 0.222. The zero-order chi connectivity index (χ0) is 8.72. The third-order valence-corrected chi connectivity index (χ3v) is 2.94. The Morgan fingerprint density at radius 3 is 2.83 bits per heavy atom. The van der Waals surface area contributed by atoms with E-state index in [1.54, 1.807) is 0 Å². The molecule has 0 bridgehead atoms. The van der Waals surface area contributed by atoms with E-state index in [0.29, 0.717) is 0 Å². The first-order valence-corrected chi connectivity index (χ1v) is 4.48. The van der Waals surface area contributed by atoms with Gasteiger partial charge in [0.15, 0.2) is 12.0 Å². The molecule has 62 valence electrons. The van der Waals surface area contributed by atoms with E-state index < -0.39 is 0 Å². The summed E-state index contributed by atoms with van der Waals surface area (Å²) >= 11 is 3.47. The van der Waals surface area contributed by atoms with Crippen molar-refractivity contribution < 1.29 is 4.42 Å². The van der Waals surface area contributed by atoms with E-state index in [0.717, 1.165) is 21.1 Å². The normalized spacial score (nSPS) is 10.9. The Morgan fingerprint density at radius 1 is 1.33 bits per heavy atom. The second kappa shape index (κ2) is 2.59. The summed E-state index contributed by atoms with van der Waals surface area (Å²) in [5, 5.41) is 0. The van der Waals surface area contributed by atoms with Gasteiger partial charge < -0.3 is 4.42 Å². The van der Waals surface area contributed by atoms with Crippen molar-refractivity contribution in [1.29, 1.82) is 0 Å². The van der Waals surface area contributed by atoms with Crippen LogP contribution < -0.4 is 0 Å². The van der Waals surface area contributed by atoms with E-state index >= 15 is 0 Å². The Labute approximate surface area is 78.7 Å². The number of fused-ring (bicyclic) bond motifs is 1. The first kappa shape index (κ1) is 7.80. The molecule has 0 aliphatic rings. The number of rotatable bonds is 0. The molecule has 1 aromatic carbocycles. The predicted octanol–water partition coefficient (Wildman–Crippen LogP) is 3.21. The van der Waals surface area contributed by atoms with Crippen LogP contribution in [0.3, 0.4) is 0 Å². The molecule has 2 nitrogen and oxygen atoms in total. The molecule has 12 heavy (non-hydrogen) atoms. The number of benzene rings is 1. The van der Waals surface area contributed by atoms with E-state index in [1.807, 2.05) is 13.0 Å². The molecule has 0 aliphatic carbocycles. The van der Waals surface area contributed by atoms with Gasteiger partial charge in [0.05, 0.1) is 0 Å². The minimum Gasteiger partial charge on any atom is -0.443 e. The van der Waals surface area contributed by atoms with E-state index in [2.05, 4.69) is 27.8 Å². The van der Waals surface area contributed by atoms with Crippen LogP contribution in [0.25, 0.3) is 11.1 Å². The van der Waals surface area contributed by atoms with Gasteiger partial charge in [-0.15, -0.1) is 0 Å². The maximum absolute atomic E-state index is 5.25. The van der Waals surface area contributed by atoms with E-state index in [1.165, 1.54) is 12.0 Å². The standard InChI is InChI=1S/C9H8BrNO/c1-5-6(2)9-8(3-7(5)10)11-4-12-9/h3-4H,1-2H3. The molecule has 0 saturated heterocycles. The first-order chi connectivity index (χ1) is 5.70. The van der Waals surface area contributed by atoms with Crippen molar-refractivity contribution in [2.75, 3.05) is 0 Å². The number of nitrogens with zero attached hydrogens (tertiary/aromatic N) is 1. The van der Waals surface area contributed by atoms with E-state index in [4.69, 9.17) is 4.42 Å². The van der Waals surface area contributed by atoms with Crippen LogP contribution in [0.2, 0.25) is 0 Å². The van der Waals surface area contributed by atoms with Gasteiger partial charge in [-0.05, 0) is 31.0 Å². The van der Waals surface area contributed by atoms with Crippen LogP contribution >= 0.6 is 15.9 Å². The number of aromatic nitrogens is 1. The summed E-state index contributed by atoms with van der Waals surface area (Å²) in [4.78, 5) is 4.08. The Bertz CT molecular complexity index is 433. The van der Waals surface area contributed by atoms with Crippen LogP contribution in [0.15, 0.2) is 21.3 Å². The molecule has 0 radical (unpaired) electrons. The topological polar surface area (TPSA) is 26.0 Å². The van der Waals surface area contributed by atoms with Gasteiger partial charge in [0.25, 0.3) is 0 Å². The van der Waals surface area contributed by atoms with Crippen LogP contribution in [0.4, 0.5) is 0 Å². The Morgan fingerprint density at radius 2 is 2.08 bits per heavy atom. The van der Waals surface area contributed by atoms with E-state index in [9.17, 15) is 0 Å². The summed E-state index contributed by atoms with van der Waals surface area (Å²) in [5.41, 5.74) is 4.15. The monoisotopic (exact) mass is 225 g/mol. The van der Waals surface area contributed by atoms with Gasteiger partial charge in [0.1, 0.15) is 5.52 Å². The molecule has 0 amide bonds. The Balaban J connectivity index is 2.94. The van der Waals surface area contributed by atoms with Crippen LogP contribution in [0.5, 0.6) is 0 Å². The highest BCUT2D eigenvalue weighted by Crippen LogP contribution is 2.27. The van der Waals surface area contributed by atoms with Gasteiger partial charge in [-0.2, -0.15) is 0 Å². The molecule has 1 aromatic heterocycles. The fourth-order valence-corrected chi connectivity index (χ4v) is 1.73. The average Bonchev–Trinajstić information content (AvgIpc) is 2.48. The molecule has 0 N–H and O–H groups in total. The maximum atomic E-state index is 5.25. The van der Waals surface area contributed by atoms with Gasteiger partial charge in [-0.1, -0.05) is 15.9 Å². The average molecular weight is 226 g/mol. The fourth-order valence-electron chi connectivity index (χ4n) is 1.22. The summed E-state index contributed by atoms with van der Waals surface area (Å²) in [6.07, 6.45) is 1.48. The summed E-state index contributed by atoms with van der Waals surface area (Å²) in [7, 11) is 0. The van der Waals surface area contributed by atoms with Gasteiger partial charge >= 0.3 is 0 Å². The second-order valence-corrected chi connectivity index (χ2v) is 3.66. The Kier molecular flexibility index (Phi) is 1.68. The SMILES string of the molecule is Cc1c(Br)cc2ncoc2c1C. The molecular weight excluding hydrogens is 218 g/mol. The molecule has 2 rings (SSSR count). The highest BCUT2D eigenvalue weighted by Gasteiger charge is 2.07. The maximum Gasteiger partial charge on any atom is 0.181 e. The molecule has 0 unspecified atom stereocenters. The van der Waals surface area contributed by atoms with Crippen LogP contribution in [-0.2, 0) is 0 Å². The summed E-state index contributed by atoms with van der Waals surface area (Å²) < 4.78 is 6.34. The first-order valence-electron chi connectivity index (χ1n) is 3.69. The van der Waals surface area contributed by atoms with Crippen LogP contribution in [0.1, 0.15) is 11.1 Å². The number of aryl methyl sites for hydroxylation is 1. The number of hydrogen-bond donors (Lipinski definition) is 0. The van der Waals surface area contributed by atoms with Crippen LogP contribution in [-0.4, -0.2) is 4.98 Å². The summed E-state index contributed by atoms with van der Waals surface area (Å²) in [5.74, 6) is 0. The highest BCUT2D eigenvalue weighted by atomic mass is 79.9. The molecule has 3 heteroatoms. The molecule has 0 spiro atoms. The molecule has 0 saturated carbocycles. The number of halogens is 1. The third kappa shape index (κ3) is 0.966. The smallest absolute Gasteiger partial charge is 0.181 e. The van der Waals surface area contributed by atoms with Gasteiger partial charge in [0.2, 0.25) is 0 Å². The van der Waals surface area contributed by atoms with Gasteiger partial charge in [0, 0.05) is 4.47 Å². The predicted molar refractivity (Wildman–Crippen MR) is 51.2 cm³/mol. The largest absolute Gasteiger partial charge is 0.443 e. The van der Waals surface area contributed by atoms with Crippen LogP contribution in [0, 0.1) is 13.8 Å². The Hall–Kier alpha value is -0.830. The number of hydrogen-bond acceptors (Lipinski definition) is 2. The molecule has 1 heterocycles.